The molecule has 27 heavy (non-hydrogen) atoms. The van der Waals surface area contributed by atoms with Crippen molar-refractivity contribution in [1.29, 1.82) is 0 Å². The van der Waals surface area contributed by atoms with Crippen molar-refractivity contribution in [3.8, 4) is 0 Å². The van der Waals surface area contributed by atoms with E-state index >= 15 is 0 Å². The van der Waals surface area contributed by atoms with E-state index in [1.807, 2.05) is 0 Å². The van der Waals surface area contributed by atoms with E-state index in [-0.39, 0.29) is 11.7 Å². The van der Waals surface area contributed by atoms with Crippen molar-refractivity contribution in [1.82, 2.24) is 0 Å². The van der Waals surface area contributed by atoms with Gasteiger partial charge in [-0.3, -0.25) is 0 Å². The highest BCUT2D eigenvalue weighted by atomic mass is 16.7. The van der Waals surface area contributed by atoms with Gasteiger partial charge in [-0.05, 0) is 69.1 Å². The molecule has 0 aromatic rings. The number of fused-ring (bicyclic) bond motifs is 1. The monoisotopic (exact) mass is 380 g/mol. The Balaban J connectivity index is 2.08. The standard InChI is InChI=1S/C24H44O3/c1-7-8-10-19(23(3,4)27-17-26-6)13-12-18(2)20-14-15-21-22(25)11-9-16-24(20,21)5/h12-13,18-22,25H,7-11,14-17H2,1-6H3/b13-12+/t18-,19+,20-,21+,22+,24-/m1/s1. The smallest absolute Gasteiger partial charge is 0.147 e. The van der Waals surface area contributed by atoms with Crippen LogP contribution in [0.4, 0.5) is 0 Å². The van der Waals surface area contributed by atoms with E-state index in [0.717, 1.165) is 12.8 Å². The van der Waals surface area contributed by atoms with Crippen LogP contribution in [0.1, 0.15) is 86.0 Å². The van der Waals surface area contributed by atoms with E-state index in [0.29, 0.717) is 35.9 Å². The van der Waals surface area contributed by atoms with Crippen molar-refractivity contribution in [2.24, 2.45) is 29.1 Å². The van der Waals surface area contributed by atoms with Gasteiger partial charge in [0.2, 0.25) is 0 Å². The summed E-state index contributed by atoms with van der Waals surface area (Å²) in [6.07, 6.45) is 14.3. The number of aliphatic hydroxyl groups excluding tert-OH is 1. The van der Waals surface area contributed by atoms with Crippen molar-refractivity contribution < 1.29 is 14.6 Å². The van der Waals surface area contributed by atoms with Gasteiger partial charge in [0, 0.05) is 13.0 Å². The molecule has 1 N–H and O–H groups in total. The lowest BCUT2D eigenvalue weighted by Crippen LogP contribution is -2.41. The first kappa shape index (κ1) is 22.9. The molecule has 2 saturated carbocycles. The molecule has 0 amide bonds. The third-order valence-corrected chi connectivity index (χ3v) is 7.75. The highest BCUT2D eigenvalue weighted by Crippen LogP contribution is 2.57. The average molecular weight is 381 g/mol. The predicted octanol–water partition coefficient (Wildman–Crippen LogP) is 5.96. The van der Waals surface area contributed by atoms with Crippen LogP contribution in [0.2, 0.25) is 0 Å². The fourth-order valence-electron chi connectivity index (χ4n) is 5.91. The van der Waals surface area contributed by atoms with E-state index in [1.165, 1.54) is 38.5 Å². The number of rotatable bonds is 10. The molecule has 0 aromatic carbocycles. The van der Waals surface area contributed by atoms with Gasteiger partial charge in [0.25, 0.3) is 0 Å². The summed E-state index contributed by atoms with van der Waals surface area (Å²) >= 11 is 0. The molecule has 0 radical (unpaired) electrons. The molecule has 0 saturated heterocycles. The quantitative estimate of drug-likeness (QED) is 0.375. The molecule has 0 aliphatic heterocycles. The fraction of sp³-hybridized carbons (Fsp3) is 0.917. The van der Waals surface area contributed by atoms with Gasteiger partial charge in [-0.2, -0.15) is 0 Å². The molecule has 2 fully saturated rings. The minimum atomic E-state index is -0.218. The maximum atomic E-state index is 10.5. The maximum absolute atomic E-state index is 10.5. The number of unbranched alkanes of at least 4 members (excludes halogenated alkanes) is 1. The van der Waals surface area contributed by atoms with E-state index < -0.39 is 0 Å². The largest absolute Gasteiger partial charge is 0.393 e. The van der Waals surface area contributed by atoms with Gasteiger partial charge < -0.3 is 14.6 Å². The topological polar surface area (TPSA) is 38.7 Å². The van der Waals surface area contributed by atoms with E-state index in [1.54, 1.807) is 7.11 Å². The average Bonchev–Trinajstić information content (AvgIpc) is 2.98. The summed E-state index contributed by atoms with van der Waals surface area (Å²) in [5, 5.41) is 10.5. The molecule has 2 aliphatic carbocycles. The Labute approximate surface area is 167 Å². The molecule has 0 unspecified atom stereocenters. The normalized spacial score (nSPS) is 34.0. The van der Waals surface area contributed by atoms with Crippen LogP contribution in [-0.4, -0.2) is 30.7 Å². The van der Waals surface area contributed by atoms with Gasteiger partial charge in [0.05, 0.1) is 11.7 Å². The molecule has 0 heterocycles. The Morgan fingerprint density at radius 2 is 1.96 bits per heavy atom. The number of hydrogen-bond acceptors (Lipinski definition) is 3. The van der Waals surface area contributed by atoms with Crippen molar-refractivity contribution in [2.45, 2.75) is 97.7 Å². The maximum Gasteiger partial charge on any atom is 0.147 e. The first-order chi connectivity index (χ1) is 12.8. The van der Waals surface area contributed by atoms with Crippen molar-refractivity contribution >= 4 is 0 Å². The second kappa shape index (κ2) is 9.89. The third-order valence-electron chi connectivity index (χ3n) is 7.75. The molecule has 6 atom stereocenters. The van der Waals surface area contributed by atoms with Gasteiger partial charge in [-0.15, -0.1) is 0 Å². The van der Waals surface area contributed by atoms with Crippen LogP contribution in [0.15, 0.2) is 12.2 Å². The van der Waals surface area contributed by atoms with Crippen LogP contribution in [-0.2, 0) is 9.47 Å². The van der Waals surface area contributed by atoms with Gasteiger partial charge in [0.1, 0.15) is 6.79 Å². The first-order valence-electron chi connectivity index (χ1n) is 11.3. The number of ether oxygens (including phenoxy) is 2. The second-order valence-electron chi connectivity index (χ2n) is 9.90. The summed E-state index contributed by atoms with van der Waals surface area (Å²) < 4.78 is 11.2. The third kappa shape index (κ3) is 5.36. The van der Waals surface area contributed by atoms with Crippen LogP contribution in [0.25, 0.3) is 0 Å². The fourth-order valence-corrected chi connectivity index (χ4v) is 5.91. The highest BCUT2D eigenvalue weighted by Gasteiger charge is 2.51. The molecule has 3 heteroatoms. The summed E-state index contributed by atoms with van der Waals surface area (Å²) in [6, 6.07) is 0. The second-order valence-corrected chi connectivity index (χ2v) is 9.90. The minimum absolute atomic E-state index is 0.0800. The summed E-state index contributed by atoms with van der Waals surface area (Å²) in [6.45, 7) is 11.8. The number of aliphatic hydroxyl groups is 1. The van der Waals surface area contributed by atoms with Crippen molar-refractivity contribution in [3.05, 3.63) is 12.2 Å². The minimum Gasteiger partial charge on any atom is -0.393 e. The van der Waals surface area contributed by atoms with Crippen molar-refractivity contribution in [2.75, 3.05) is 13.9 Å². The molecule has 0 bridgehead atoms. The van der Waals surface area contributed by atoms with Gasteiger partial charge in [-0.1, -0.05) is 52.2 Å². The number of allylic oxidation sites excluding steroid dienone is 1. The Kier molecular flexibility index (Phi) is 8.39. The van der Waals surface area contributed by atoms with Crippen LogP contribution >= 0.6 is 0 Å². The lowest BCUT2D eigenvalue weighted by molar-refractivity contribution is -0.132. The Morgan fingerprint density at radius 3 is 2.63 bits per heavy atom. The molecular weight excluding hydrogens is 336 g/mol. The molecule has 2 aliphatic rings. The van der Waals surface area contributed by atoms with Crippen molar-refractivity contribution in [3.63, 3.8) is 0 Å². The van der Waals surface area contributed by atoms with Crippen LogP contribution in [0.5, 0.6) is 0 Å². The van der Waals surface area contributed by atoms with Gasteiger partial charge in [-0.25, -0.2) is 0 Å². The summed E-state index contributed by atoms with van der Waals surface area (Å²) in [5.41, 5.74) is 0.0902. The van der Waals surface area contributed by atoms with E-state index in [2.05, 4.69) is 46.8 Å². The summed E-state index contributed by atoms with van der Waals surface area (Å²) in [4.78, 5) is 0. The van der Waals surface area contributed by atoms with Crippen LogP contribution < -0.4 is 0 Å². The predicted molar refractivity (Wildman–Crippen MR) is 113 cm³/mol. The van der Waals surface area contributed by atoms with Gasteiger partial charge in [0.15, 0.2) is 0 Å². The first-order valence-corrected chi connectivity index (χ1v) is 11.3. The lowest BCUT2D eigenvalue weighted by Gasteiger charge is -2.45. The molecule has 2 rings (SSSR count). The molecule has 0 aromatic heterocycles. The SMILES string of the molecule is CCCC[C@@H](/C=C/[C@@H](C)[C@H]1CC[C@H]2[C@@H](O)CCC[C@]12C)C(C)(C)OCOC. The van der Waals surface area contributed by atoms with E-state index in [9.17, 15) is 5.11 Å². The van der Waals surface area contributed by atoms with E-state index in [4.69, 9.17) is 9.47 Å². The summed E-state index contributed by atoms with van der Waals surface area (Å²) in [7, 11) is 1.69. The zero-order valence-electron chi connectivity index (χ0n) is 18.7. The molecule has 3 nitrogen and oxygen atoms in total. The number of methoxy groups -OCH3 is 1. The Bertz CT molecular complexity index is 472. The molecule has 158 valence electrons. The molecular formula is C24H44O3. The zero-order valence-corrected chi connectivity index (χ0v) is 18.7. The zero-order chi connectivity index (χ0) is 20.1. The highest BCUT2D eigenvalue weighted by molar-refractivity contribution is 5.07. The molecule has 0 spiro atoms. The van der Waals surface area contributed by atoms with Gasteiger partial charge >= 0.3 is 0 Å². The van der Waals surface area contributed by atoms with Crippen LogP contribution in [0.3, 0.4) is 0 Å². The number of hydrogen-bond donors (Lipinski definition) is 1. The van der Waals surface area contributed by atoms with Crippen LogP contribution in [0, 0.1) is 29.1 Å². The Hall–Kier alpha value is -0.380. The lowest BCUT2D eigenvalue weighted by atomic mass is 9.62. The Morgan fingerprint density at radius 1 is 1.22 bits per heavy atom. The summed E-state index contributed by atoms with van der Waals surface area (Å²) in [5.74, 6) is 2.14.